The molecule has 1 heterocycles. The molecular weight excluding hydrogens is 438 g/mol. The molecular formula is C22H26ClN3O4S. The maximum Gasteiger partial charge on any atom is 0.313 e. The van der Waals surface area contributed by atoms with Crippen LogP contribution in [0.5, 0.6) is 0 Å². The number of rotatable bonds is 6. The third kappa shape index (κ3) is 6.06. The Morgan fingerprint density at radius 1 is 1.00 bits per heavy atom. The molecule has 2 amide bonds. The number of amides is 2. The van der Waals surface area contributed by atoms with Crippen LogP contribution in [0.2, 0.25) is 5.02 Å². The van der Waals surface area contributed by atoms with Gasteiger partial charge in [0.1, 0.15) is 0 Å². The molecule has 0 unspecified atom stereocenters. The number of piperidine rings is 1. The van der Waals surface area contributed by atoms with Gasteiger partial charge in [-0.2, -0.15) is 4.31 Å². The van der Waals surface area contributed by atoms with Crippen LogP contribution in [0.25, 0.3) is 0 Å². The van der Waals surface area contributed by atoms with Crippen molar-refractivity contribution in [1.29, 1.82) is 0 Å². The molecule has 0 radical (unpaired) electrons. The first-order valence-corrected chi connectivity index (χ1v) is 12.0. The van der Waals surface area contributed by atoms with Gasteiger partial charge in [-0.3, -0.25) is 9.59 Å². The number of carbonyl (C=O) groups is 2. The Balaban J connectivity index is 1.50. The van der Waals surface area contributed by atoms with Crippen LogP contribution in [-0.4, -0.2) is 44.2 Å². The summed E-state index contributed by atoms with van der Waals surface area (Å²) in [6.45, 7) is 3.18. The zero-order chi connectivity index (χ0) is 22.4. The van der Waals surface area contributed by atoms with E-state index in [1.807, 2.05) is 0 Å². The molecule has 1 aliphatic heterocycles. The summed E-state index contributed by atoms with van der Waals surface area (Å²) < 4.78 is 26.9. The van der Waals surface area contributed by atoms with Crippen molar-refractivity contribution in [2.45, 2.75) is 37.5 Å². The van der Waals surface area contributed by atoms with Gasteiger partial charge < -0.3 is 10.6 Å². The monoisotopic (exact) mass is 463 g/mol. The predicted octanol–water partition coefficient (Wildman–Crippen LogP) is 3.12. The number of halogens is 1. The zero-order valence-electron chi connectivity index (χ0n) is 17.4. The second kappa shape index (κ2) is 10.3. The predicted molar refractivity (Wildman–Crippen MR) is 121 cm³/mol. The maximum atomic E-state index is 12.7. The average Bonchev–Trinajstić information content (AvgIpc) is 2.77. The van der Waals surface area contributed by atoms with Gasteiger partial charge >= 0.3 is 11.8 Å². The first-order chi connectivity index (χ1) is 14.8. The van der Waals surface area contributed by atoms with Crippen molar-refractivity contribution in [1.82, 2.24) is 9.62 Å². The highest BCUT2D eigenvalue weighted by molar-refractivity contribution is 7.89. The number of nitrogens with one attached hydrogen (secondary N) is 2. The van der Waals surface area contributed by atoms with Gasteiger partial charge in [0.05, 0.1) is 4.90 Å². The van der Waals surface area contributed by atoms with E-state index in [1.54, 1.807) is 49.4 Å². The van der Waals surface area contributed by atoms with Crippen molar-refractivity contribution in [3.8, 4) is 0 Å². The van der Waals surface area contributed by atoms with Crippen LogP contribution >= 0.6 is 11.6 Å². The van der Waals surface area contributed by atoms with Crippen LogP contribution in [0.1, 0.15) is 30.4 Å². The molecule has 3 rings (SSSR count). The highest BCUT2D eigenvalue weighted by atomic mass is 35.5. The van der Waals surface area contributed by atoms with Crippen LogP contribution in [0.15, 0.2) is 47.4 Å². The SMILES string of the molecule is Cc1ccc(Cl)cc1NC(=O)C(=O)NCCc1ccc(S(=O)(=O)N2CCCCC2)cc1. The van der Waals surface area contributed by atoms with Crippen LogP contribution in [-0.2, 0) is 26.0 Å². The highest BCUT2D eigenvalue weighted by Gasteiger charge is 2.25. The quantitative estimate of drug-likeness (QED) is 0.643. The van der Waals surface area contributed by atoms with Gasteiger partial charge in [0.2, 0.25) is 10.0 Å². The summed E-state index contributed by atoms with van der Waals surface area (Å²) in [5.74, 6) is -1.52. The van der Waals surface area contributed by atoms with Gasteiger partial charge in [0.25, 0.3) is 0 Å². The smallest absolute Gasteiger partial charge is 0.313 e. The van der Waals surface area contributed by atoms with E-state index in [1.165, 1.54) is 4.31 Å². The molecule has 0 bridgehead atoms. The second-order valence-corrected chi connectivity index (χ2v) is 9.90. The lowest BCUT2D eigenvalue weighted by Gasteiger charge is -2.25. The number of hydrogen-bond acceptors (Lipinski definition) is 4. The fourth-order valence-electron chi connectivity index (χ4n) is 3.39. The van der Waals surface area contributed by atoms with E-state index in [0.717, 1.165) is 30.4 Å². The minimum Gasteiger partial charge on any atom is -0.347 e. The van der Waals surface area contributed by atoms with E-state index in [9.17, 15) is 18.0 Å². The van der Waals surface area contributed by atoms with Gasteiger partial charge in [0, 0.05) is 30.3 Å². The zero-order valence-corrected chi connectivity index (χ0v) is 18.9. The summed E-state index contributed by atoms with van der Waals surface area (Å²) in [5.41, 5.74) is 2.15. The first-order valence-electron chi connectivity index (χ1n) is 10.2. The summed E-state index contributed by atoms with van der Waals surface area (Å²) >= 11 is 5.92. The molecule has 7 nitrogen and oxygen atoms in total. The molecule has 1 saturated heterocycles. The molecule has 166 valence electrons. The van der Waals surface area contributed by atoms with E-state index < -0.39 is 21.8 Å². The Morgan fingerprint density at radius 2 is 1.68 bits per heavy atom. The van der Waals surface area contributed by atoms with E-state index in [2.05, 4.69) is 10.6 Å². The fraction of sp³-hybridized carbons (Fsp3) is 0.364. The first kappa shape index (κ1) is 23.2. The van der Waals surface area contributed by atoms with Crippen LogP contribution in [0.3, 0.4) is 0 Å². The number of anilines is 1. The summed E-state index contributed by atoms with van der Waals surface area (Å²) in [6, 6.07) is 11.7. The van der Waals surface area contributed by atoms with E-state index >= 15 is 0 Å². The second-order valence-electron chi connectivity index (χ2n) is 7.53. The fourth-order valence-corrected chi connectivity index (χ4v) is 5.08. The Morgan fingerprint density at radius 3 is 2.35 bits per heavy atom. The summed E-state index contributed by atoms with van der Waals surface area (Å²) in [4.78, 5) is 24.4. The minimum atomic E-state index is -3.46. The van der Waals surface area contributed by atoms with Crippen molar-refractivity contribution in [3.63, 3.8) is 0 Å². The number of aryl methyl sites for hydroxylation is 1. The van der Waals surface area contributed by atoms with Crippen molar-refractivity contribution in [2.75, 3.05) is 25.0 Å². The topological polar surface area (TPSA) is 95.6 Å². The number of benzene rings is 2. The normalized spacial score (nSPS) is 14.8. The Labute approximate surface area is 187 Å². The molecule has 1 fully saturated rings. The summed E-state index contributed by atoms with van der Waals surface area (Å²) in [7, 11) is -3.46. The van der Waals surface area contributed by atoms with Crippen molar-refractivity contribution in [2.24, 2.45) is 0 Å². The third-order valence-corrected chi connectivity index (χ3v) is 7.38. The molecule has 2 N–H and O–H groups in total. The van der Waals surface area contributed by atoms with E-state index in [4.69, 9.17) is 11.6 Å². The lowest BCUT2D eigenvalue weighted by molar-refractivity contribution is -0.136. The lowest BCUT2D eigenvalue weighted by Crippen LogP contribution is -2.36. The summed E-state index contributed by atoms with van der Waals surface area (Å²) in [6.07, 6.45) is 3.32. The van der Waals surface area contributed by atoms with Gasteiger partial charge in [-0.05, 0) is 61.6 Å². The summed E-state index contributed by atoms with van der Waals surface area (Å²) in [5, 5.41) is 5.58. The van der Waals surface area contributed by atoms with E-state index in [0.29, 0.717) is 30.2 Å². The molecule has 2 aromatic rings. The number of nitrogens with zero attached hydrogens (tertiary/aromatic N) is 1. The number of carbonyl (C=O) groups excluding carboxylic acids is 2. The Bertz CT molecular complexity index is 1050. The molecule has 2 aromatic carbocycles. The average molecular weight is 464 g/mol. The Kier molecular flexibility index (Phi) is 7.69. The number of sulfonamides is 1. The molecule has 0 atom stereocenters. The molecule has 1 aliphatic rings. The van der Waals surface area contributed by atoms with Crippen molar-refractivity contribution >= 4 is 39.1 Å². The molecule has 0 aromatic heterocycles. The van der Waals surface area contributed by atoms with Crippen LogP contribution in [0, 0.1) is 6.92 Å². The number of hydrogen-bond donors (Lipinski definition) is 2. The molecule has 0 saturated carbocycles. The molecule has 31 heavy (non-hydrogen) atoms. The minimum absolute atomic E-state index is 0.249. The van der Waals surface area contributed by atoms with Crippen LogP contribution in [0.4, 0.5) is 5.69 Å². The van der Waals surface area contributed by atoms with E-state index in [-0.39, 0.29) is 11.4 Å². The lowest BCUT2D eigenvalue weighted by atomic mass is 10.1. The third-order valence-electron chi connectivity index (χ3n) is 5.23. The van der Waals surface area contributed by atoms with Gasteiger partial charge in [-0.15, -0.1) is 0 Å². The van der Waals surface area contributed by atoms with Crippen molar-refractivity contribution < 1.29 is 18.0 Å². The largest absolute Gasteiger partial charge is 0.347 e. The van der Waals surface area contributed by atoms with Crippen molar-refractivity contribution in [3.05, 3.63) is 58.6 Å². The Hall–Kier alpha value is -2.42. The molecule has 0 spiro atoms. The maximum absolute atomic E-state index is 12.7. The van der Waals surface area contributed by atoms with Gasteiger partial charge in [-0.1, -0.05) is 36.2 Å². The molecule has 9 heteroatoms. The molecule has 0 aliphatic carbocycles. The standard InChI is InChI=1S/C22H26ClN3O4S/c1-16-5-8-18(23)15-20(16)25-22(28)21(27)24-12-11-17-6-9-19(10-7-17)31(29,30)26-13-3-2-4-14-26/h5-10,15H,2-4,11-14H2,1H3,(H,24,27)(H,25,28). The highest BCUT2D eigenvalue weighted by Crippen LogP contribution is 2.21. The van der Waals surface area contributed by atoms with Gasteiger partial charge in [0.15, 0.2) is 0 Å². The van der Waals surface area contributed by atoms with Gasteiger partial charge in [-0.25, -0.2) is 8.42 Å². The van der Waals surface area contributed by atoms with Crippen LogP contribution < -0.4 is 10.6 Å².